The minimum absolute atomic E-state index is 0.701. The Balaban J connectivity index is 2.50. The summed E-state index contributed by atoms with van der Waals surface area (Å²) in [5.74, 6) is 1.81. The van der Waals surface area contributed by atoms with Gasteiger partial charge in [-0.1, -0.05) is 56.4 Å². The van der Waals surface area contributed by atoms with E-state index >= 15 is 0 Å². The van der Waals surface area contributed by atoms with Crippen LogP contribution >= 0.6 is 24.0 Å². The van der Waals surface area contributed by atoms with Crippen molar-refractivity contribution in [1.82, 2.24) is 0 Å². The predicted octanol–water partition coefficient (Wildman–Crippen LogP) is 3.75. The van der Waals surface area contributed by atoms with Crippen LogP contribution in [0.2, 0.25) is 0 Å². The smallest absolute Gasteiger partial charge is 0.0778 e. The molecule has 0 aromatic heterocycles. The molecule has 0 saturated heterocycles. The third-order valence-corrected chi connectivity index (χ3v) is 3.48. The second-order valence-corrected chi connectivity index (χ2v) is 5.06. The van der Waals surface area contributed by atoms with Gasteiger partial charge in [-0.05, 0) is 11.5 Å². The molecule has 0 atom stereocenters. The lowest BCUT2D eigenvalue weighted by atomic mass is 10.2. The van der Waals surface area contributed by atoms with Crippen molar-refractivity contribution < 1.29 is 0 Å². The SMILES string of the molecule is CC(C)CSC(=S)c1ccccc1. The predicted molar refractivity (Wildman–Crippen MR) is 65.4 cm³/mol. The molecule has 70 valence electrons. The lowest BCUT2D eigenvalue weighted by Gasteiger charge is -2.05. The Morgan fingerprint density at radius 2 is 1.92 bits per heavy atom. The Hall–Kier alpha value is -0.340. The van der Waals surface area contributed by atoms with E-state index in [0.29, 0.717) is 5.92 Å². The summed E-state index contributed by atoms with van der Waals surface area (Å²) in [7, 11) is 0. The summed E-state index contributed by atoms with van der Waals surface area (Å²) in [4.78, 5) is 0. The van der Waals surface area contributed by atoms with E-state index in [1.165, 1.54) is 5.56 Å². The lowest BCUT2D eigenvalue weighted by Crippen LogP contribution is -1.97. The van der Waals surface area contributed by atoms with Crippen molar-refractivity contribution in [3.63, 3.8) is 0 Å². The quantitative estimate of drug-likeness (QED) is 0.697. The molecule has 0 nitrogen and oxygen atoms in total. The summed E-state index contributed by atoms with van der Waals surface area (Å²) in [5.41, 5.74) is 1.17. The third kappa shape index (κ3) is 3.92. The van der Waals surface area contributed by atoms with Gasteiger partial charge in [0.25, 0.3) is 0 Å². The maximum absolute atomic E-state index is 5.30. The van der Waals surface area contributed by atoms with Gasteiger partial charge in [0.1, 0.15) is 0 Å². The van der Waals surface area contributed by atoms with Gasteiger partial charge in [-0.3, -0.25) is 0 Å². The zero-order chi connectivity index (χ0) is 9.68. The Labute approximate surface area is 89.7 Å². The van der Waals surface area contributed by atoms with Crippen molar-refractivity contribution in [2.45, 2.75) is 13.8 Å². The van der Waals surface area contributed by atoms with Crippen molar-refractivity contribution in [3.05, 3.63) is 35.9 Å². The molecular formula is C11H14S2. The molecule has 0 radical (unpaired) electrons. The lowest BCUT2D eigenvalue weighted by molar-refractivity contribution is 0.752. The highest BCUT2D eigenvalue weighted by atomic mass is 32.2. The standard InChI is InChI=1S/C11H14S2/c1-9(2)8-13-11(12)10-6-4-3-5-7-10/h3-7,9H,8H2,1-2H3. The van der Waals surface area contributed by atoms with Crippen LogP contribution in [-0.2, 0) is 0 Å². The molecule has 0 heterocycles. The number of rotatable bonds is 3. The van der Waals surface area contributed by atoms with Crippen LogP contribution in [0.5, 0.6) is 0 Å². The Morgan fingerprint density at radius 1 is 1.31 bits per heavy atom. The fourth-order valence-electron chi connectivity index (χ4n) is 0.900. The summed E-state index contributed by atoms with van der Waals surface area (Å²) < 4.78 is 1.01. The van der Waals surface area contributed by atoms with Crippen LogP contribution in [0.25, 0.3) is 0 Å². The van der Waals surface area contributed by atoms with Crippen molar-refractivity contribution >= 4 is 28.2 Å². The molecule has 0 unspecified atom stereocenters. The van der Waals surface area contributed by atoms with Crippen molar-refractivity contribution in [2.75, 3.05) is 5.75 Å². The Kier molecular flexibility index (Phi) is 4.46. The topological polar surface area (TPSA) is 0 Å². The van der Waals surface area contributed by atoms with E-state index in [4.69, 9.17) is 12.2 Å². The third-order valence-electron chi connectivity index (χ3n) is 1.56. The minimum atomic E-state index is 0.701. The van der Waals surface area contributed by atoms with Gasteiger partial charge in [-0.15, -0.1) is 11.8 Å². The molecule has 0 aliphatic heterocycles. The van der Waals surface area contributed by atoms with Gasteiger partial charge >= 0.3 is 0 Å². The summed E-state index contributed by atoms with van der Waals surface area (Å²) in [6.45, 7) is 4.42. The molecule has 1 aromatic rings. The fourth-order valence-corrected chi connectivity index (χ4v) is 2.03. The molecule has 13 heavy (non-hydrogen) atoms. The normalized spacial score (nSPS) is 10.4. The van der Waals surface area contributed by atoms with E-state index in [9.17, 15) is 0 Å². The maximum atomic E-state index is 5.30. The van der Waals surface area contributed by atoms with Crippen molar-refractivity contribution in [1.29, 1.82) is 0 Å². The van der Waals surface area contributed by atoms with E-state index in [1.807, 2.05) is 18.2 Å². The van der Waals surface area contributed by atoms with Crippen LogP contribution < -0.4 is 0 Å². The average Bonchev–Trinajstić information content (AvgIpc) is 2.15. The van der Waals surface area contributed by atoms with E-state index in [2.05, 4.69) is 26.0 Å². The monoisotopic (exact) mass is 210 g/mol. The van der Waals surface area contributed by atoms with E-state index in [1.54, 1.807) is 11.8 Å². The molecule has 1 rings (SSSR count). The zero-order valence-electron chi connectivity index (χ0n) is 7.99. The van der Waals surface area contributed by atoms with E-state index < -0.39 is 0 Å². The molecule has 1 aromatic carbocycles. The first-order chi connectivity index (χ1) is 6.20. The number of benzene rings is 1. The summed E-state index contributed by atoms with van der Waals surface area (Å²) in [6.07, 6.45) is 0. The second-order valence-electron chi connectivity index (χ2n) is 3.36. The van der Waals surface area contributed by atoms with Crippen LogP contribution in [0.1, 0.15) is 19.4 Å². The highest BCUT2D eigenvalue weighted by molar-refractivity contribution is 8.23. The van der Waals surface area contributed by atoms with Crippen LogP contribution in [0.4, 0.5) is 0 Å². The molecular weight excluding hydrogens is 196 g/mol. The van der Waals surface area contributed by atoms with E-state index in [-0.39, 0.29) is 0 Å². The second kappa shape index (κ2) is 5.40. The van der Waals surface area contributed by atoms with Gasteiger partial charge in [-0.2, -0.15) is 0 Å². The van der Waals surface area contributed by atoms with Gasteiger partial charge in [0, 0.05) is 5.75 Å². The first-order valence-corrected chi connectivity index (χ1v) is 5.81. The van der Waals surface area contributed by atoms with Crippen LogP contribution in [0.3, 0.4) is 0 Å². The number of thiocarbonyl (C=S) groups is 1. The van der Waals surface area contributed by atoms with Gasteiger partial charge in [-0.25, -0.2) is 0 Å². The largest absolute Gasteiger partial charge is 0.114 e. The number of thioether (sulfide) groups is 1. The molecule has 0 saturated carbocycles. The van der Waals surface area contributed by atoms with Gasteiger partial charge in [0.2, 0.25) is 0 Å². The molecule has 0 aliphatic rings. The molecule has 0 spiro atoms. The molecule has 2 heteroatoms. The molecule has 0 amide bonds. The molecule has 0 N–H and O–H groups in total. The minimum Gasteiger partial charge on any atom is -0.114 e. The molecule has 0 aliphatic carbocycles. The summed E-state index contributed by atoms with van der Waals surface area (Å²) in [6, 6.07) is 10.2. The summed E-state index contributed by atoms with van der Waals surface area (Å²) in [5, 5.41) is 0. The van der Waals surface area contributed by atoms with Gasteiger partial charge in [0.15, 0.2) is 0 Å². The van der Waals surface area contributed by atoms with Crippen LogP contribution in [-0.4, -0.2) is 9.95 Å². The first kappa shape index (κ1) is 10.7. The van der Waals surface area contributed by atoms with Crippen molar-refractivity contribution in [2.24, 2.45) is 5.92 Å². The van der Waals surface area contributed by atoms with E-state index in [0.717, 1.165) is 9.95 Å². The zero-order valence-corrected chi connectivity index (χ0v) is 9.62. The van der Waals surface area contributed by atoms with Gasteiger partial charge in [0.05, 0.1) is 4.20 Å². The maximum Gasteiger partial charge on any atom is 0.0778 e. The molecule has 0 fully saturated rings. The Morgan fingerprint density at radius 3 is 2.46 bits per heavy atom. The van der Waals surface area contributed by atoms with Crippen molar-refractivity contribution in [3.8, 4) is 0 Å². The first-order valence-electron chi connectivity index (χ1n) is 4.42. The van der Waals surface area contributed by atoms with Crippen LogP contribution in [0.15, 0.2) is 30.3 Å². The highest BCUT2D eigenvalue weighted by Gasteiger charge is 2.02. The highest BCUT2D eigenvalue weighted by Crippen LogP contribution is 2.16. The Bertz CT molecular complexity index is 265. The number of hydrogen-bond donors (Lipinski definition) is 0. The van der Waals surface area contributed by atoms with Crippen LogP contribution in [0, 0.1) is 5.92 Å². The average molecular weight is 210 g/mol. The molecule has 0 bridgehead atoms. The summed E-state index contributed by atoms with van der Waals surface area (Å²) >= 11 is 7.07. The number of hydrogen-bond acceptors (Lipinski definition) is 2. The van der Waals surface area contributed by atoms with Gasteiger partial charge < -0.3 is 0 Å². The fraction of sp³-hybridized carbons (Fsp3) is 0.364.